The molecule has 1 fully saturated rings. The van der Waals surface area contributed by atoms with Crippen molar-refractivity contribution in [2.75, 3.05) is 0 Å². The van der Waals surface area contributed by atoms with Gasteiger partial charge in [0.25, 0.3) is 0 Å². The molecule has 1 aliphatic carbocycles. The number of benzene rings is 1. The van der Waals surface area contributed by atoms with E-state index in [9.17, 15) is 14.3 Å². The zero-order valence-electron chi connectivity index (χ0n) is 10.7. The summed E-state index contributed by atoms with van der Waals surface area (Å²) in [4.78, 5) is 11.7. The highest BCUT2D eigenvalue weighted by atomic mass is 19.1. The molecule has 0 aliphatic heterocycles. The Bertz CT molecular complexity index is 434. The van der Waals surface area contributed by atoms with E-state index in [0.29, 0.717) is 24.0 Å². The van der Waals surface area contributed by atoms with Crippen LogP contribution in [0.4, 0.5) is 4.39 Å². The van der Waals surface area contributed by atoms with Crippen LogP contribution in [0, 0.1) is 0 Å². The van der Waals surface area contributed by atoms with E-state index in [0.717, 1.165) is 19.3 Å². The smallest absolute Gasteiger partial charge is 0.314 e. The molecule has 0 heterocycles. The first-order valence-electron chi connectivity index (χ1n) is 6.55. The van der Waals surface area contributed by atoms with Crippen molar-refractivity contribution in [1.29, 1.82) is 0 Å². The molecule has 2 nitrogen and oxygen atoms in total. The summed E-state index contributed by atoms with van der Waals surface area (Å²) in [5.41, 5.74) is 0.323. The number of hydrogen-bond acceptors (Lipinski definition) is 1. The summed E-state index contributed by atoms with van der Waals surface area (Å²) >= 11 is 0. The van der Waals surface area contributed by atoms with E-state index in [-0.39, 0.29) is 0 Å². The predicted octanol–water partition coefficient (Wildman–Crippen LogP) is 4.00. The van der Waals surface area contributed by atoms with Crippen LogP contribution in [0.25, 0.3) is 0 Å². The van der Waals surface area contributed by atoms with Crippen LogP contribution < -0.4 is 0 Å². The number of alkyl halides is 1. The van der Waals surface area contributed by atoms with Crippen molar-refractivity contribution in [3.8, 4) is 0 Å². The lowest BCUT2D eigenvalue weighted by Crippen LogP contribution is -2.38. The van der Waals surface area contributed by atoms with Crippen molar-refractivity contribution in [1.82, 2.24) is 0 Å². The van der Waals surface area contributed by atoms with Crippen LogP contribution in [0.1, 0.15) is 56.3 Å². The Balaban J connectivity index is 2.52. The molecule has 2 rings (SSSR count). The minimum atomic E-state index is -1.13. The molecule has 0 spiro atoms. The average Bonchev–Trinajstić information content (AvgIpc) is 2.39. The Hall–Kier alpha value is -1.38. The first kappa shape index (κ1) is 13.1. The fourth-order valence-corrected chi connectivity index (χ4v) is 3.03. The summed E-state index contributed by atoms with van der Waals surface area (Å²) in [6.45, 7) is 1.47. The summed E-state index contributed by atoms with van der Waals surface area (Å²) in [5, 5.41) is 9.63. The third kappa shape index (κ3) is 2.14. The second-order valence-corrected chi connectivity index (χ2v) is 5.15. The van der Waals surface area contributed by atoms with Gasteiger partial charge in [-0.25, -0.2) is 4.39 Å². The third-order valence-electron chi connectivity index (χ3n) is 4.02. The van der Waals surface area contributed by atoms with Crippen molar-refractivity contribution in [3.63, 3.8) is 0 Å². The lowest BCUT2D eigenvalue weighted by atomic mass is 9.68. The fraction of sp³-hybridized carbons (Fsp3) is 0.533. The van der Waals surface area contributed by atoms with Crippen molar-refractivity contribution in [2.24, 2.45) is 0 Å². The molecule has 18 heavy (non-hydrogen) atoms. The zero-order valence-corrected chi connectivity index (χ0v) is 10.7. The van der Waals surface area contributed by atoms with Gasteiger partial charge in [0, 0.05) is 0 Å². The molecule has 1 atom stereocenters. The lowest BCUT2D eigenvalue weighted by Gasteiger charge is -2.35. The second kappa shape index (κ2) is 5.09. The molecule has 1 aromatic rings. The Morgan fingerprint density at radius 2 is 1.89 bits per heavy atom. The molecule has 1 saturated carbocycles. The van der Waals surface area contributed by atoms with Gasteiger partial charge in [-0.15, -0.1) is 0 Å². The summed E-state index contributed by atoms with van der Waals surface area (Å²) in [6.07, 6.45) is 2.99. The van der Waals surface area contributed by atoms with E-state index >= 15 is 0 Å². The Labute approximate surface area is 107 Å². The molecule has 0 saturated heterocycles. The molecule has 0 aromatic heterocycles. The number of carbonyl (C=O) groups is 1. The van der Waals surface area contributed by atoms with Crippen molar-refractivity contribution >= 4 is 5.97 Å². The van der Waals surface area contributed by atoms with E-state index in [1.165, 1.54) is 6.92 Å². The van der Waals surface area contributed by atoms with Crippen molar-refractivity contribution < 1.29 is 14.3 Å². The molecule has 0 bridgehead atoms. The van der Waals surface area contributed by atoms with Gasteiger partial charge in [0.05, 0.1) is 5.41 Å². The lowest BCUT2D eigenvalue weighted by molar-refractivity contribution is -0.145. The second-order valence-electron chi connectivity index (χ2n) is 5.15. The van der Waals surface area contributed by atoms with Gasteiger partial charge in [-0.05, 0) is 30.9 Å². The molecule has 0 radical (unpaired) electrons. The van der Waals surface area contributed by atoms with Gasteiger partial charge in [0.15, 0.2) is 0 Å². The molecule has 98 valence electrons. The quantitative estimate of drug-likeness (QED) is 0.880. The highest BCUT2D eigenvalue weighted by Gasteiger charge is 2.42. The van der Waals surface area contributed by atoms with Crippen molar-refractivity contribution in [3.05, 3.63) is 35.4 Å². The largest absolute Gasteiger partial charge is 0.481 e. The number of hydrogen-bond donors (Lipinski definition) is 1. The highest BCUT2D eigenvalue weighted by molar-refractivity contribution is 5.82. The molecule has 0 amide bonds. The Morgan fingerprint density at radius 1 is 1.28 bits per heavy atom. The number of carboxylic acids is 1. The Morgan fingerprint density at radius 3 is 2.44 bits per heavy atom. The van der Waals surface area contributed by atoms with E-state index < -0.39 is 17.6 Å². The van der Waals surface area contributed by atoms with Gasteiger partial charge in [0.2, 0.25) is 0 Å². The number of carboxylic acid groups (broad SMARTS) is 1. The summed E-state index contributed by atoms with van der Waals surface area (Å²) in [7, 11) is 0. The standard InChI is InChI=1S/C15H19FO2/c1-11(16)12-7-3-4-8-13(12)15(14(17)18)9-5-2-6-10-15/h3-4,7-8,11H,2,5-6,9-10H2,1H3,(H,17,18). The van der Waals surface area contributed by atoms with Gasteiger partial charge in [-0.3, -0.25) is 4.79 Å². The highest BCUT2D eigenvalue weighted by Crippen LogP contribution is 2.42. The zero-order chi connectivity index (χ0) is 13.2. The van der Waals surface area contributed by atoms with Crippen LogP contribution in [-0.2, 0) is 10.2 Å². The maximum absolute atomic E-state index is 13.7. The van der Waals surface area contributed by atoms with Crippen LogP contribution in [0.2, 0.25) is 0 Å². The molecular weight excluding hydrogens is 231 g/mol. The average molecular weight is 250 g/mol. The fourth-order valence-electron chi connectivity index (χ4n) is 3.03. The molecule has 1 aliphatic rings. The molecule has 1 unspecified atom stereocenters. The monoisotopic (exact) mass is 250 g/mol. The van der Waals surface area contributed by atoms with E-state index in [2.05, 4.69) is 0 Å². The maximum Gasteiger partial charge on any atom is 0.314 e. The van der Waals surface area contributed by atoms with Crippen LogP contribution in [0.3, 0.4) is 0 Å². The van der Waals surface area contributed by atoms with E-state index in [1.54, 1.807) is 24.3 Å². The summed E-state index contributed by atoms with van der Waals surface area (Å²) < 4.78 is 13.7. The van der Waals surface area contributed by atoms with Crippen LogP contribution in [-0.4, -0.2) is 11.1 Å². The Kier molecular flexibility index (Phi) is 3.69. The molecular formula is C15H19FO2. The molecule has 3 heteroatoms. The minimum Gasteiger partial charge on any atom is -0.481 e. The van der Waals surface area contributed by atoms with Crippen LogP contribution in [0.5, 0.6) is 0 Å². The SMILES string of the molecule is CC(F)c1ccccc1C1(C(=O)O)CCCCC1. The minimum absolute atomic E-state index is 0.529. The van der Waals surface area contributed by atoms with E-state index in [1.807, 2.05) is 0 Å². The summed E-state index contributed by atoms with van der Waals surface area (Å²) in [5.74, 6) is -0.810. The van der Waals surface area contributed by atoms with Crippen molar-refractivity contribution in [2.45, 2.75) is 50.6 Å². The molecule has 1 N–H and O–H groups in total. The molecule has 1 aromatic carbocycles. The predicted molar refractivity (Wildman–Crippen MR) is 68.4 cm³/mol. The van der Waals surface area contributed by atoms with Gasteiger partial charge >= 0.3 is 5.97 Å². The van der Waals surface area contributed by atoms with Gasteiger partial charge in [-0.2, -0.15) is 0 Å². The number of halogens is 1. The number of aliphatic carboxylic acids is 1. The summed E-state index contributed by atoms with van der Waals surface area (Å²) in [6, 6.07) is 7.07. The van der Waals surface area contributed by atoms with Gasteiger partial charge < -0.3 is 5.11 Å². The van der Waals surface area contributed by atoms with Crippen LogP contribution >= 0.6 is 0 Å². The number of rotatable bonds is 3. The van der Waals surface area contributed by atoms with Crippen LogP contribution in [0.15, 0.2) is 24.3 Å². The van der Waals surface area contributed by atoms with Gasteiger partial charge in [0.1, 0.15) is 6.17 Å². The van der Waals surface area contributed by atoms with Gasteiger partial charge in [-0.1, -0.05) is 43.5 Å². The topological polar surface area (TPSA) is 37.3 Å². The maximum atomic E-state index is 13.7. The third-order valence-corrected chi connectivity index (χ3v) is 4.02. The normalized spacial score (nSPS) is 20.3. The first-order chi connectivity index (χ1) is 8.58. The van der Waals surface area contributed by atoms with E-state index in [4.69, 9.17) is 0 Å². The first-order valence-corrected chi connectivity index (χ1v) is 6.55.